The molecule has 224 valence electrons. The molecule has 0 unspecified atom stereocenters. The number of amides is 1. The van der Waals surface area contributed by atoms with Crippen molar-refractivity contribution in [2.45, 2.75) is 33.6 Å². The number of hydrogen-bond donors (Lipinski definition) is 1. The molecule has 1 heterocycles. The van der Waals surface area contributed by atoms with Gasteiger partial charge in [0.05, 0.1) is 23.7 Å². The maximum Gasteiger partial charge on any atom is 0.282 e. The van der Waals surface area contributed by atoms with Crippen LogP contribution in [-0.4, -0.2) is 35.0 Å². The third-order valence-electron chi connectivity index (χ3n) is 6.99. The summed E-state index contributed by atoms with van der Waals surface area (Å²) in [7, 11) is 0. The summed E-state index contributed by atoms with van der Waals surface area (Å²) in [5.74, 6) is 0.959. The number of hydrogen-bond acceptors (Lipinski definition) is 6. The van der Waals surface area contributed by atoms with E-state index in [1.54, 1.807) is 36.4 Å². The highest BCUT2D eigenvalue weighted by atomic mass is 19.1. The number of halogens is 1. The van der Waals surface area contributed by atoms with Gasteiger partial charge >= 0.3 is 0 Å². The van der Waals surface area contributed by atoms with E-state index in [1.807, 2.05) is 38.1 Å². The van der Waals surface area contributed by atoms with Gasteiger partial charge in [0.1, 0.15) is 17.3 Å². The Hall–Kier alpha value is -5.31. The molecular weight excluding hydrogens is 559 g/mol. The maximum atomic E-state index is 13.8. The van der Waals surface area contributed by atoms with Crippen LogP contribution in [0.25, 0.3) is 22.3 Å². The number of fused-ring (bicyclic) bond motifs is 1. The molecule has 0 spiro atoms. The molecule has 4 aromatic carbocycles. The van der Waals surface area contributed by atoms with Crippen LogP contribution in [0.15, 0.2) is 94.8 Å². The molecule has 0 aliphatic rings. The second-order valence-electron chi connectivity index (χ2n) is 10.5. The van der Waals surface area contributed by atoms with Crippen molar-refractivity contribution in [3.63, 3.8) is 0 Å². The van der Waals surface area contributed by atoms with Crippen LogP contribution in [0.2, 0.25) is 0 Å². The molecule has 0 saturated heterocycles. The number of benzene rings is 4. The number of nitrogens with one attached hydrogen (secondary N) is 1. The first-order valence-corrected chi connectivity index (χ1v) is 14.4. The van der Waals surface area contributed by atoms with Crippen molar-refractivity contribution < 1.29 is 18.7 Å². The molecule has 0 bridgehead atoms. The summed E-state index contributed by atoms with van der Waals surface area (Å²) in [4.78, 5) is 31.2. The molecule has 1 amide bonds. The number of nitrogens with zero attached hydrogens (tertiary/aromatic N) is 3. The van der Waals surface area contributed by atoms with Crippen molar-refractivity contribution in [1.82, 2.24) is 9.66 Å². The Bertz CT molecular complexity index is 1900. The number of aromatic nitrogens is 2. The quantitative estimate of drug-likeness (QED) is 0.178. The van der Waals surface area contributed by atoms with Gasteiger partial charge in [-0.25, -0.2) is 9.37 Å². The van der Waals surface area contributed by atoms with Crippen LogP contribution in [0.5, 0.6) is 11.5 Å². The normalized spacial score (nSPS) is 11.3. The third kappa shape index (κ3) is 6.67. The van der Waals surface area contributed by atoms with Crippen LogP contribution in [-0.2, 0) is 4.79 Å². The van der Waals surface area contributed by atoms with Gasteiger partial charge in [-0.2, -0.15) is 9.78 Å². The summed E-state index contributed by atoms with van der Waals surface area (Å²) in [5, 5.41) is 7.71. The molecule has 0 aliphatic carbocycles. The lowest BCUT2D eigenvalue weighted by Crippen LogP contribution is -2.21. The lowest BCUT2D eigenvalue weighted by Gasteiger charge is -2.18. The van der Waals surface area contributed by atoms with Gasteiger partial charge in [-0.15, -0.1) is 0 Å². The fraction of sp³-hybridized carbons (Fsp3) is 0.200. The first kappa shape index (κ1) is 30.2. The highest BCUT2D eigenvalue weighted by Gasteiger charge is 2.19. The average Bonchev–Trinajstić information content (AvgIpc) is 3.01. The van der Waals surface area contributed by atoms with Gasteiger partial charge in [-0.05, 0) is 91.6 Å². The number of para-hydroxylation sites is 2. The predicted octanol–water partition coefficient (Wildman–Crippen LogP) is 6.93. The molecule has 1 aromatic heterocycles. The van der Waals surface area contributed by atoms with Gasteiger partial charge in [0, 0.05) is 16.8 Å². The van der Waals surface area contributed by atoms with E-state index in [2.05, 4.69) is 24.3 Å². The van der Waals surface area contributed by atoms with E-state index in [0.29, 0.717) is 40.3 Å². The average molecular weight is 593 g/mol. The van der Waals surface area contributed by atoms with Crippen molar-refractivity contribution >= 4 is 28.7 Å². The maximum absolute atomic E-state index is 13.8. The minimum Gasteiger partial charge on any atom is -0.494 e. The molecule has 5 aromatic rings. The van der Waals surface area contributed by atoms with E-state index in [4.69, 9.17) is 14.5 Å². The van der Waals surface area contributed by atoms with Crippen LogP contribution < -0.4 is 20.3 Å². The third-order valence-corrected chi connectivity index (χ3v) is 6.99. The Labute approximate surface area is 254 Å². The molecule has 8 nitrogen and oxygen atoms in total. The number of carbonyl (C=O) groups excluding carboxylic acids is 1. The monoisotopic (exact) mass is 592 g/mol. The lowest BCUT2D eigenvalue weighted by molar-refractivity contribution is -0.118. The van der Waals surface area contributed by atoms with Gasteiger partial charge in [0.2, 0.25) is 0 Å². The predicted molar refractivity (Wildman–Crippen MR) is 171 cm³/mol. The smallest absolute Gasteiger partial charge is 0.282 e. The van der Waals surface area contributed by atoms with Crippen molar-refractivity contribution in [3.05, 3.63) is 118 Å². The fourth-order valence-corrected chi connectivity index (χ4v) is 4.79. The molecule has 0 saturated carbocycles. The zero-order valence-electron chi connectivity index (χ0n) is 25.0. The minimum absolute atomic E-state index is 0.171. The molecule has 0 aliphatic heterocycles. The van der Waals surface area contributed by atoms with Crippen LogP contribution in [0.4, 0.5) is 10.1 Å². The summed E-state index contributed by atoms with van der Waals surface area (Å²) in [6.07, 6.45) is 1.52. The molecule has 0 radical (unpaired) electrons. The zero-order chi connectivity index (χ0) is 31.2. The van der Waals surface area contributed by atoms with Crippen LogP contribution in [0.1, 0.15) is 43.4 Å². The number of anilines is 1. The summed E-state index contributed by atoms with van der Waals surface area (Å²) in [5.41, 5.74) is 3.91. The zero-order valence-corrected chi connectivity index (χ0v) is 25.0. The van der Waals surface area contributed by atoms with E-state index >= 15 is 0 Å². The van der Waals surface area contributed by atoms with Gasteiger partial charge in [0.15, 0.2) is 12.4 Å². The van der Waals surface area contributed by atoms with Crippen LogP contribution in [0, 0.1) is 12.7 Å². The summed E-state index contributed by atoms with van der Waals surface area (Å²) >= 11 is 0. The molecule has 0 fully saturated rings. The summed E-state index contributed by atoms with van der Waals surface area (Å²) in [6.45, 7) is 8.34. The molecular formula is C35H33FN4O4. The Morgan fingerprint density at radius 3 is 2.48 bits per heavy atom. The first-order valence-electron chi connectivity index (χ1n) is 14.4. The Morgan fingerprint density at radius 2 is 1.73 bits per heavy atom. The lowest BCUT2D eigenvalue weighted by atomic mass is 9.96. The van der Waals surface area contributed by atoms with E-state index < -0.39 is 11.7 Å². The molecule has 5 rings (SSSR count). The number of rotatable bonds is 10. The number of ether oxygens (including phenoxy) is 2. The molecule has 1 N–H and O–H groups in total. The van der Waals surface area contributed by atoms with Crippen LogP contribution >= 0.6 is 0 Å². The van der Waals surface area contributed by atoms with Gasteiger partial charge in [-0.1, -0.05) is 38.1 Å². The molecule has 9 heteroatoms. The highest BCUT2D eigenvalue weighted by Crippen LogP contribution is 2.34. The van der Waals surface area contributed by atoms with E-state index in [-0.39, 0.29) is 18.1 Å². The topological polar surface area (TPSA) is 94.8 Å². The Kier molecular flexibility index (Phi) is 9.14. The standard InChI is InChI=1S/C35H33FN4O4/c1-5-43-32-18-23(4)29(19-28(32)22(2)3)34-39-30-12-8-7-11-27(30)35(42)40(34)37-20-24-10-6-9-13-31(24)44-21-33(41)38-26-16-14-25(36)15-17-26/h6-20,22H,5,21H2,1-4H3,(H,38,41). The first-order chi connectivity index (χ1) is 21.2. The largest absolute Gasteiger partial charge is 0.494 e. The van der Waals surface area contributed by atoms with Gasteiger partial charge < -0.3 is 14.8 Å². The number of aryl methyl sites for hydroxylation is 1. The van der Waals surface area contributed by atoms with Crippen molar-refractivity contribution in [2.24, 2.45) is 5.10 Å². The van der Waals surface area contributed by atoms with Gasteiger partial charge in [0.25, 0.3) is 11.5 Å². The van der Waals surface area contributed by atoms with E-state index in [9.17, 15) is 14.0 Å². The number of carbonyl (C=O) groups is 1. The second-order valence-corrected chi connectivity index (χ2v) is 10.5. The van der Waals surface area contributed by atoms with Crippen molar-refractivity contribution in [2.75, 3.05) is 18.5 Å². The second kappa shape index (κ2) is 13.3. The summed E-state index contributed by atoms with van der Waals surface area (Å²) < 4.78 is 26.2. The summed E-state index contributed by atoms with van der Waals surface area (Å²) in [6, 6.07) is 23.7. The Balaban J connectivity index is 1.52. The van der Waals surface area contributed by atoms with Crippen molar-refractivity contribution in [1.29, 1.82) is 0 Å². The SMILES string of the molecule is CCOc1cc(C)c(-c2nc3ccccc3c(=O)n2N=Cc2ccccc2OCC(=O)Nc2ccc(F)cc2)cc1C(C)C. The molecule has 0 atom stereocenters. The Morgan fingerprint density at radius 1 is 1.00 bits per heavy atom. The van der Waals surface area contributed by atoms with E-state index in [0.717, 1.165) is 22.4 Å². The fourth-order valence-electron chi connectivity index (χ4n) is 4.79. The van der Waals surface area contributed by atoms with Gasteiger partial charge in [-0.3, -0.25) is 9.59 Å². The van der Waals surface area contributed by atoms with E-state index in [1.165, 1.54) is 35.2 Å². The van der Waals surface area contributed by atoms with Crippen molar-refractivity contribution in [3.8, 4) is 22.9 Å². The minimum atomic E-state index is -0.410. The van der Waals surface area contributed by atoms with Crippen LogP contribution in [0.3, 0.4) is 0 Å². The highest BCUT2D eigenvalue weighted by molar-refractivity contribution is 5.92. The molecule has 44 heavy (non-hydrogen) atoms.